The van der Waals surface area contributed by atoms with Crippen molar-refractivity contribution < 1.29 is 4.39 Å². The summed E-state index contributed by atoms with van der Waals surface area (Å²) in [5, 5.41) is 3.73. The lowest BCUT2D eigenvalue weighted by Gasteiger charge is -2.26. The van der Waals surface area contributed by atoms with Gasteiger partial charge in [-0.3, -0.25) is 0 Å². The first-order chi connectivity index (χ1) is 10.2. The summed E-state index contributed by atoms with van der Waals surface area (Å²) in [6.07, 6.45) is 10.7. The molecule has 0 aliphatic heterocycles. The number of nitrogens with one attached hydrogen (secondary N) is 1. The number of hydrogen-bond donors (Lipinski definition) is 1. The lowest BCUT2D eigenvalue weighted by Crippen LogP contribution is -2.30. The molecule has 1 N–H and O–H groups in total. The van der Waals surface area contributed by atoms with E-state index in [1.54, 1.807) is 12.1 Å². The quantitative estimate of drug-likeness (QED) is 0.780. The van der Waals surface area contributed by atoms with Crippen LogP contribution in [-0.2, 0) is 6.42 Å². The summed E-state index contributed by atoms with van der Waals surface area (Å²) in [4.78, 5) is 0. The molecule has 1 aromatic carbocycles. The highest BCUT2D eigenvalue weighted by Crippen LogP contribution is 2.32. The predicted molar refractivity (Wildman–Crippen MR) is 85.9 cm³/mol. The Labute approximate surface area is 128 Å². The second-order valence-corrected chi connectivity index (χ2v) is 7.12. The molecule has 0 heterocycles. The Bertz CT molecular complexity index is 467. The van der Waals surface area contributed by atoms with Gasteiger partial charge in [0, 0.05) is 6.04 Å². The van der Waals surface area contributed by atoms with Gasteiger partial charge in [-0.25, -0.2) is 4.39 Å². The Kier molecular flexibility index (Phi) is 4.95. The summed E-state index contributed by atoms with van der Waals surface area (Å²) in [6, 6.07) is 6.11. The van der Waals surface area contributed by atoms with Gasteiger partial charge >= 0.3 is 0 Å². The lowest BCUT2D eigenvalue weighted by atomic mass is 9.82. The Morgan fingerprint density at radius 1 is 1.05 bits per heavy atom. The summed E-state index contributed by atoms with van der Waals surface area (Å²) in [6.45, 7) is 3.24. The molecule has 2 unspecified atom stereocenters. The first-order valence-corrected chi connectivity index (χ1v) is 8.71. The zero-order valence-corrected chi connectivity index (χ0v) is 13.2. The Hall–Kier alpha value is -0.890. The van der Waals surface area contributed by atoms with E-state index in [4.69, 9.17) is 0 Å². The minimum Gasteiger partial charge on any atom is -0.314 e. The minimum atomic E-state index is -0.107. The molecule has 1 aromatic rings. The molecule has 2 aliphatic carbocycles. The average molecular weight is 289 g/mol. The number of aryl methyl sites for hydroxylation is 1. The third kappa shape index (κ3) is 4.29. The molecule has 0 aromatic heterocycles. The molecule has 3 rings (SSSR count). The largest absolute Gasteiger partial charge is 0.314 e. The molecule has 116 valence electrons. The molecule has 21 heavy (non-hydrogen) atoms. The van der Waals surface area contributed by atoms with Crippen molar-refractivity contribution in [2.24, 2.45) is 11.8 Å². The van der Waals surface area contributed by atoms with E-state index in [0.29, 0.717) is 0 Å². The van der Waals surface area contributed by atoms with E-state index < -0.39 is 0 Å². The zero-order chi connectivity index (χ0) is 14.7. The van der Waals surface area contributed by atoms with Crippen LogP contribution >= 0.6 is 0 Å². The summed E-state index contributed by atoms with van der Waals surface area (Å²) < 4.78 is 13.3. The number of halogens is 1. The van der Waals surface area contributed by atoms with E-state index in [9.17, 15) is 4.39 Å². The van der Waals surface area contributed by atoms with Crippen molar-refractivity contribution in [3.8, 4) is 0 Å². The van der Waals surface area contributed by atoms with Gasteiger partial charge in [0.2, 0.25) is 0 Å². The number of rotatable bonds is 5. The van der Waals surface area contributed by atoms with Crippen LogP contribution in [0.2, 0.25) is 0 Å². The SMILES string of the molecule is Cc1cc(F)ccc1CC1CCCCCC1CNC1CC1. The standard InChI is InChI=1S/C19H28FN/c1-14-11-18(20)8-7-15(14)12-16-5-3-2-4-6-17(16)13-21-19-9-10-19/h7-8,11,16-17,19,21H,2-6,9-10,12-13H2,1H3. The Morgan fingerprint density at radius 3 is 2.52 bits per heavy atom. The fourth-order valence-corrected chi connectivity index (χ4v) is 3.77. The highest BCUT2D eigenvalue weighted by molar-refractivity contribution is 5.27. The van der Waals surface area contributed by atoms with Gasteiger partial charge in [-0.05, 0) is 80.7 Å². The van der Waals surface area contributed by atoms with Gasteiger partial charge in [-0.15, -0.1) is 0 Å². The third-order valence-corrected chi connectivity index (χ3v) is 5.35. The van der Waals surface area contributed by atoms with E-state index in [1.165, 1.54) is 57.1 Å². The van der Waals surface area contributed by atoms with Gasteiger partial charge in [-0.1, -0.05) is 25.3 Å². The average Bonchev–Trinajstić information content (AvgIpc) is 3.27. The summed E-state index contributed by atoms with van der Waals surface area (Å²) >= 11 is 0. The highest BCUT2D eigenvalue weighted by atomic mass is 19.1. The van der Waals surface area contributed by atoms with E-state index in [-0.39, 0.29) is 5.82 Å². The molecule has 0 amide bonds. The van der Waals surface area contributed by atoms with Crippen molar-refractivity contribution >= 4 is 0 Å². The van der Waals surface area contributed by atoms with Gasteiger partial charge in [0.15, 0.2) is 0 Å². The van der Waals surface area contributed by atoms with Gasteiger partial charge < -0.3 is 5.32 Å². The Balaban J connectivity index is 1.65. The van der Waals surface area contributed by atoms with Crippen molar-refractivity contribution in [1.29, 1.82) is 0 Å². The summed E-state index contributed by atoms with van der Waals surface area (Å²) in [5.41, 5.74) is 2.47. The van der Waals surface area contributed by atoms with E-state index >= 15 is 0 Å². The van der Waals surface area contributed by atoms with Gasteiger partial charge in [0.25, 0.3) is 0 Å². The second kappa shape index (κ2) is 6.91. The molecular formula is C19H28FN. The molecule has 2 saturated carbocycles. The van der Waals surface area contributed by atoms with Crippen molar-refractivity contribution in [3.63, 3.8) is 0 Å². The monoisotopic (exact) mass is 289 g/mol. The molecule has 0 saturated heterocycles. The van der Waals surface area contributed by atoms with E-state index in [1.807, 2.05) is 13.0 Å². The first kappa shape index (κ1) is 15.0. The summed E-state index contributed by atoms with van der Waals surface area (Å²) in [7, 11) is 0. The molecule has 2 atom stereocenters. The van der Waals surface area contributed by atoms with Gasteiger partial charge in [0.05, 0.1) is 0 Å². The smallest absolute Gasteiger partial charge is 0.123 e. The van der Waals surface area contributed by atoms with Crippen molar-refractivity contribution in [1.82, 2.24) is 5.32 Å². The molecule has 2 fully saturated rings. The van der Waals surface area contributed by atoms with Crippen LogP contribution in [0.3, 0.4) is 0 Å². The lowest BCUT2D eigenvalue weighted by molar-refractivity contribution is 0.296. The van der Waals surface area contributed by atoms with Crippen LogP contribution in [0.4, 0.5) is 4.39 Å². The van der Waals surface area contributed by atoms with Crippen molar-refractivity contribution in [2.75, 3.05) is 6.54 Å². The molecule has 0 radical (unpaired) electrons. The normalized spacial score (nSPS) is 26.6. The molecular weight excluding hydrogens is 261 g/mol. The number of hydrogen-bond acceptors (Lipinski definition) is 1. The third-order valence-electron chi connectivity index (χ3n) is 5.35. The van der Waals surface area contributed by atoms with Gasteiger partial charge in [-0.2, -0.15) is 0 Å². The van der Waals surface area contributed by atoms with Crippen LogP contribution < -0.4 is 5.32 Å². The maximum atomic E-state index is 13.3. The van der Waals surface area contributed by atoms with Crippen molar-refractivity contribution in [3.05, 3.63) is 35.1 Å². The van der Waals surface area contributed by atoms with Crippen LogP contribution in [0.1, 0.15) is 56.1 Å². The highest BCUT2D eigenvalue weighted by Gasteiger charge is 2.27. The Morgan fingerprint density at radius 2 is 1.81 bits per heavy atom. The fourth-order valence-electron chi connectivity index (χ4n) is 3.77. The number of benzene rings is 1. The molecule has 2 heteroatoms. The van der Waals surface area contributed by atoms with Gasteiger partial charge in [0.1, 0.15) is 5.82 Å². The summed E-state index contributed by atoms with van der Waals surface area (Å²) in [5.74, 6) is 1.46. The maximum absolute atomic E-state index is 13.3. The van der Waals surface area contributed by atoms with Crippen LogP contribution in [0.15, 0.2) is 18.2 Å². The van der Waals surface area contributed by atoms with E-state index in [2.05, 4.69) is 5.32 Å². The minimum absolute atomic E-state index is 0.107. The zero-order valence-electron chi connectivity index (χ0n) is 13.2. The van der Waals surface area contributed by atoms with Crippen LogP contribution in [0.25, 0.3) is 0 Å². The first-order valence-electron chi connectivity index (χ1n) is 8.71. The molecule has 1 nitrogen and oxygen atoms in total. The van der Waals surface area contributed by atoms with E-state index in [0.717, 1.165) is 29.9 Å². The van der Waals surface area contributed by atoms with Crippen molar-refractivity contribution in [2.45, 2.75) is 64.3 Å². The van der Waals surface area contributed by atoms with Crippen LogP contribution in [-0.4, -0.2) is 12.6 Å². The second-order valence-electron chi connectivity index (χ2n) is 7.12. The van der Waals surface area contributed by atoms with Crippen LogP contribution in [0.5, 0.6) is 0 Å². The molecule has 2 aliphatic rings. The van der Waals surface area contributed by atoms with Crippen LogP contribution in [0, 0.1) is 24.6 Å². The maximum Gasteiger partial charge on any atom is 0.123 e. The molecule has 0 spiro atoms. The predicted octanol–water partition coefficient (Wildman–Crippen LogP) is 4.63. The fraction of sp³-hybridized carbons (Fsp3) is 0.684. The topological polar surface area (TPSA) is 12.0 Å². The molecule has 0 bridgehead atoms.